The molecule has 11 nitrogen and oxygen atoms in total. The SMILES string of the molecule is COCCNc1nc(Nc2ccccc2)nc(-c2noc(-c3ccc(OCC(F)(F)F)nc3)n2)n1. The number of nitrogens with one attached hydrogen (secondary N) is 2. The number of nitrogens with zero attached hydrogens (tertiary/aromatic N) is 6. The van der Waals surface area contributed by atoms with Gasteiger partial charge in [-0.25, -0.2) is 4.98 Å². The highest BCUT2D eigenvalue weighted by Crippen LogP contribution is 2.24. The number of methoxy groups -OCH3 is 1. The maximum atomic E-state index is 12.3. The number of para-hydroxylation sites is 1. The number of aromatic nitrogens is 6. The number of hydrogen-bond donors (Lipinski definition) is 2. The van der Waals surface area contributed by atoms with Crippen LogP contribution in [0.4, 0.5) is 30.8 Å². The van der Waals surface area contributed by atoms with Crippen molar-refractivity contribution in [3.63, 3.8) is 0 Å². The molecule has 0 aliphatic rings. The van der Waals surface area contributed by atoms with Gasteiger partial charge in [0.1, 0.15) is 0 Å². The van der Waals surface area contributed by atoms with Crippen molar-refractivity contribution >= 4 is 17.6 Å². The number of rotatable bonds is 10. The van der Waals surface area contributed by atoms with Gasteiger partial charge < -0.3 is 24.6 Å². The van der Waals surface area contributed by atoms with Gasteiger partial charge in [0.15, 0.2) is 6.61 Å². The van der Waals surface area contributed by atoms with Crippen LogP contribution in [-0.2, 0) is 4.74 Å². The fraction of sp³-hybridized carbons (Fsp3) is 0.238. The Hall–Kier alpha value is -4.33. The molecule has 0 saturated heterocycles. The second-order valence-electron chi connectivity index (χ2n) is 6.93. The highest BCUT2D eigenvalue weighted by Gasteiger charge is 2.28. The summed E-state index contributed by atoms with van der Waals surface area (Å²) < 4.78 is 51.8. The van der Waals surface area contributed by atoms with E-state index in [1.165, 1.54) is 18.3 Å². The first-order valence-corrected chi connectivity index (χ1v) is 10.2. The van der Waals surface area contributed by atoms with E-state index in [0.717, 1.165) is 5.69 Å². The Morgan fingerprint density at radius 2 is 1.74 bits per heavy atom. The number of ether oxygens (including phenoxy) is 2. The zero-order chi connectivity index (χ0) is 24.7. The third kappa shape index (κ3) is 6.83. The third-order valence-electron chi connectivity index (χ3n) is 4.25. The van der Waals surface area contributed by atoms with Gasteiger partial charge in [0, 0.05) is 31.6 Å². The minimum atomic E-state index is -4.46. The number of alkyl halides is 3. The lowest BCUT2D eigenvalue weighted by Crippen LogP contribution is -2.19. The van der Waals surface area contributed by atoms with E-state index in [9.17, 15) is 13.2 Å². The predicted molar refractivity (Wildman–Crippen MR) is 118 cm³/mol. The van der Waals surface area contributed by atoms with Gasteiger partial charge in [-0.15, -0.1) is 0 Å². The molecule has 1 aromatic carbocycles. The maximum absolute atomic E-state index is 12.3. The van der Waals surface area contributed by atoms with Gasteiger partial charge in [-0.2, -0.15) is 33.1 Å². The molecule has 3 aromatic heterocycles. The van der Waals surface area contributed by atoms with Crippen LogP contribution in [0.3, 0.4) is 0 Å². The van der Waals surface area contributed by atoms with Crippen LogP contribution in [0.25, 0.3) is 23.1 Å². The van der Waals surface area contributed by atoms with E-state index < -0.39 is 12.8 Å². The highest BCUT2D eigenvalue weighted by atomic mass is 19.4. The zero-order valence-electron chi connectivity index (χ0n) is 18.3. The molecule has 4 aromatic rings. The average Bonchev–Trinajstić information content (AvgIpc) is 3.34. The summed E-state index contributed by atoms with van der Waals surface area (Å²) in [7, 11) is 1.58. The molecule has 0 radical (unpaired) electrons. The largest absolute Gasteiger partial charge is 0.468 e. The van der Waals surface area contributed by atoms with Gasteiger partial charge >= 0.3 is 6.18 Å². The lowest BCUT2D eigenvalue weighted by atomic mass is 10.3. The summed E-state index contributed by atoms with van der Waals surface area (Å²) in [4.78, 5) is 21.2. The van der Waals surface area contributed by atoms with Crippen molar-refractivity contribution in [2.45, 2.75) is 6.18 Å². The molecule has 35 heavy (non-hydrogen) atoms. The molecule has 0 fully saturated rings. The predicted octanol–water partition coefficient (Wildman–Crippen LogP) is 3.73. The van der Waals surface area contributed by atoms with E-state index in [-0.39, 0.29) is 35.3 Å². The molecule has 2 N–H and O–H groups in total. The van der Waals surface area contributed by atoms with Crippen molar-refractivity contribution in [2.24, 2.45) is 0 Å². The second-order valence-corrected chi connectivity index (χ2v) is 6.93. The van der Waals surface area contributed by atoms with Crippen LogP contribution in [0.5, 0.6) is 5.88 Å². The van der Waals surface area contributed by atoms with Crippen LogP contribution in [0.2, 0.25) is 0 Å². The van der Waals surface area contributed by atoms with Crippen molar-refractivity contribution in [2.75, 3.05) is 37.5 Å². The van der Waals surface area contributed by atoms with Crippen molar-refractivity contribution < 1.29 is 27.2 Å². The molecule has 0 bridgehead atoms. The molecule has 0 atom stereocenters. The third-order valence-corrected chi connectivity index (χ3v) is 4.25. The lowest BCUT2D eigenvalue weighted by Gasteiger charge is -2.09. The molecular weight excluding hydrogens is 469 g/mol. The minimum Gasteiger partial charge on any atom is -0.468 e. The number of pyridine rings is 1. The number of hydrogen-bond acceptors (Lipinski definition) is 11. The van der Waals surface area contributed by atoms with Crippen LogP contribution in [0, 0.1) is 0 Å². The Bertz CT molecular complexity index is 1240. The first-order chi connectivity index (χ1) is 16.9. The summed E-state index contributed by atoms with van der Waals surface area (Å²) >= 11 is 0. The lowest BCUT2D eigenvalue weighted by molar-refractivity contribution is -0.154. The van der Waals surface area contributed by atoms with Gasteiger partial charge in [-0.1, -0.05) is 23.4 Å². The first kappa shape index (κ1) is 23.8. The molecule has 14 heteroatoms. The smallest absolute Gasteiger partial charge is 0.422 e. The monoisotopic (exact) mass is 488 g/mol. The van der Waals surface area contributed by atoms with E-state index in [0.29, 0.717) is 18.7 Å². The minimum absolute atomic E-state index is 0.0711. The van der Waals surface area contributed by atoms with Crippen LogP contribution in [0.15, 0.2) is 53.2 Å². The van der Waals surface area contributed by atoms with Gasteiger partial charge in [0.25, 0.3) is 5.89 Å². The Morgan fingerprint density at radius 1 is 0.943 bits per heavy atom. The molecule has 4 rings (SSSR count). The quantitative estimate of drug-likeness (QED) is 0.316. The van der Waals surface area contributed by atoms with E-state index in [1.807, 2.05) is 30.3 Å². The van der Waals surface area contributed by atoms with Crippen LogP contribution in [0.1, 0.15) is 0 Å². The number of anilines is 3. The molecule has 0 aliphatic heterocycles. The van der Waals surface area contributed by atoms with Crippen molar-refractivity contribution in [1.29, 1.82) is 0 Å². The average molecular weight is 488 g/mol. The summed E-state index contributed by atoms with van der Waals surface area (Å²) in [5.74, 6) is 0.607. The van der Waals surface area contributed by atoms with Gasteiger partial charge in [-0.05, 0) is 18.2 Å². The summed E-state index contributed by atoms with van der Waals surface area (Å²) in [6.45, 7) is -0.551. The summed E-state index contributed by atoms with van der Waals surface area (Å²) in [6, 6.07) is 12.0. The van der Waals surface area contributed by atoms with E-state index in [1.54, 1.807) is 7.11 Å². The molecular formula is C21H19F3N8O3. The first-order valence-electron chi connectivity index (χ1n) is 10.2. The Balaban J connectivity index is 1.55. The van der Waals surface area contributed by atoms with Gasteiger partial charge in [0.2, 0.25) is 29.4 Å². The van der Waals surface area contributed by atoms with E-state index in [2.05, 4.69) is 45.4 Å². The van der Waals surface area contributed by atoms with Crippen LogP contribution >= 0.6 is 0 Å². The Morgan fingerprint density at radius 3 is 2.46 bits per heavy atom. The number of halogens is 3. The summed E-state index contributed by atoms with van der Waals surface area (Å²) in [5, 5.41) is 10.0. The number of benzene rings is 1. The van der Waals surface area contributed by atoms with Crippen LogP contribution < -0.4 is 15.4 Å². The van der Waals surface area contributed by atoms with E-state index >= 15 is 0 Å². The fourth-order valence-corrected chi connectivity index (χ4v) is 2.71. The zero-order valence-corrected chi connectivity index (χ0v) is 18.3. The molecule has 182 valence electrons. The van der Waals surface area contributed by atoms with Crippen LogP contribution in [-0.4, -0.2) is 63.1 Å². The molecule has 0 unspecified atom stereocenters. The standard InChI is InChI=1S/C21H19F3N8O3/c1-33-10-9-25-19-29-16(30-20(31-19)27-14-5-3-2-4-6-14)17-28-18(35-32-17)13-7-8-15(26-11-13)34-12-21(22,23)24/h2-8,11H,9-10,12H2,1H3,(H2,25,27,29,30,31). The summed E-state index contributed by atoms with van der Waals surface area (Å²) in [5.41, 5.74) is 1.14. The van der Waals surface area contributed by atoms with Crippen molar-refractivity contribution in [1.82, 2.24) is 30.1 Å². The van der Waals surface area contributed by atoms with E-state index in [4.69, 9.17) is 9.26 Å². The molecule has 0 amide bonds. The van der Waals surface area contributed by atoms with Crippen molar-refractivity contribution in [3.8, 4) is 29.0 Å². The normalized spacial score (nSPS) is 11.3. The molecule has 0 aliphatic carbocycles. The summed E-state index contributed by atoms with van der Waals surface area (Å²) in [6.07, 6.45) is -3.20. The topological polar surface area (TPSA) is 133 Å². The Kier molecular flexibility index (Phi) is 7.30. The van der Waals surface area contributed by atoms with Crippen molar-refractivity contribution in [3.05, 3.63) is 48.7 Å². The fourth-order valence-electron chi connectivity index (χ4n) is 2.71. The molecule has 3 heterocycles. The molecule has 0 saturated carbocycles. The second kappa shape index (κ2) is 10.7. The Labute approximate surface area is 196 Å². The van der Waals surface area contributed by atoms with Gasteiger partial charge in [-0.3, -0.25) is 0 Å². The maximum Gasteiger partial charge on any atom is 0.422 e. The highest BCUT2D eigenvalue weighted by molar-refractivity contribution is 5.59. The van der Waals surface area contributed by atoms with Gasteiger partial charge in [0.05, 0.1) is 12.2 Å². The molecule has 0 spiro atoms.